The number of halogens is 1. The Morgan fingerprint density at radius 2 is 1.54 bits per heavy atom. The SMILES string of the molecule is Cc1cc(C)c(Nc2ncc(C(=O)Nc3ccc(Cl)cc3)cn2)c(C)c1. The van der Waals surface area contributed by atoms with Crippen LogP contribution in [0, 0.1) is 20.8 Å². The van der Waals surface area contributed by atoms with Crippen molar-refractivity contribution in [3.63, 3.8) is 0 Å². The van der Waals surface area contributed by atoms with Crippen LogP contribution in [0.3, 0.4) is 0 Å². The first-order valence-corrected chi connectivity index (χ1v) is 8.54. The average Bonchev–Trinajstić information content (AvgIpc) is 2.60. The molecular weight excluding hydrogens is 348 g/mol. The van der Waals surface area contributed by atoms with E-state index in [4.69, 9.17) is 11.6 Å². The zero-order valence-corrected chi connectivity index (χ0v) is 15.6. The van der Waals surface area contributed by atoms with Gasteiger partial charge in [0, 0.05) is 28.8 Å². The minimum Gasteiger partial charge on any atom is -0.324 e. The highest BCUT2D eigenvalue weighted by Gasteiger charge is 2.10. The van der Waals surface area contributed by atoms with E-state index >= 15 is 0 Å². The summed E-state index contributed by atoms with van der Waals surface area (Å²) in [5.41, 5.74) is 5.47. The van der Waals surface area contributed by atoms with Gasteiger partial charge in [-0.3, -0.25) is 4.79 Å². The quantitative estimate of drug-likeness (QED) is 0.678. The molecule has 3 rings (SSSR count). The van der Waals surface area contributed by atoms with Crippen molar-refractivity contribution >= 4 is 34.8 Å². The molecule has 1 heterocycles. The van der Waals surface area contributed by atoms with Crippen LogP contribution < -0.4 is 10.6 Å². The number of aryl methyl sites for hydroxylation is 3. The van der Waals surface area contributed by atoms with E-state index in [1.807, 2.05) is 13.8 Å². The molecule has 0 saturated carbocycles. The summed E-state index contributed by atoms with van der Waals surface area (Å²) in [4.78, 5) is 20.8. The van der Waals surface area contributed by atoms with Gasteiger partial charge in [-0.1, -0.05) is 29.3 Å². The summed E-state index contributed by atoms with van der Waals surface area (Å²) in [5, 5.41) is 6.62. The van der Waals surface area contributed by atoms with Gasteiger partial charge in [-0.15, -0.1) is 0 Å². The van der Waals surface area contributed by atoms with Crippen LogP contribution in [0.2, 0.25) is 5.02 Å². The van der Waals surface area contributed by atoms with Crippen molar-refractivity contribution in [3.8, 4) is 0 Å². The molecule has 0 atom stereocenters. The first-order chi connectivity index (χ1) is 12.4. The molecule has 6 heteroatoms. The lowest BCUT2D eigenvalue weighted by Crippen LogP contribution is -2.13. The topological polar surface area (TPSA) is 66.9 Å². The Hall–Kier alpha value is -2.92. The minimum absolute atomic E-state index is 0.276. The molecule has 132 valence electrons. The summed E-state index contributed by atoms with van der Waals surface area (Å²) < 4.78 is 0. The van der Waals surface area contributed by atoms with Gasteiger partial charge in [0.2, 0.25) is 5.95 Å². The van der Waals surface area contributed by atoms with Crippen molar-refractivity contribution in [1.29, 1.82) is 0 Å². The van der Waals surface area contributed by atoms with E-state index in [2.05, 4.69) is 39.7 Å². The summed E-state index contributed by atoms with van der Waals surface area (Å²) >= 11 is 5.84. The number of hydrogen-bond donors (Lipinski definition) is 2. The molecule has 0 radical (unpaired) electrons. The zero-order chi connectivity index (χ0) is 18.7. The van der Waals surface area contributed by atoms with Crippen LogP contribution in [0.1, 0.15) is 27.0 Å². The molecule has 2 aromatic carbocycles. The lowest BCUT2D eigenvalue weighted by molar-refractivity contribution is 0.102. The number of nitrogens with one attached hydrogen (secondary N) is 2. The summed E-state index contributed by atoms with van der Waals surface area (Å²) in [6, 6.07) is 11.1. The molecule has 0 aliphatic heterocycles. The van der Waals surface area contributed by atoms with Gasteiger partial charge in [0.05, 0.1) is 5.56 Å². The summed E-state index contributed by atoms with van der Waals surface area (Å²) in [5.74, 6) is 0.171. The Bertz CT molecular complexity index is 914. The van der Waals surface area contributed by atoms with Crippen molar-refractivity contribution < 1.29 is 4.79 Å². The van der Waals surface area contributed by atoms with Gasteiger partial charge in [0.1, 0.15) is 0 Å². The molecule has 2 N–H and O–H groups in total. The Morgan fingerprint density at radius 1 is 0.962 bits per heavy atom. The second-order valence-corrected chi connectivity index (χ2v) is 6.59. The average molecular weight is 367 g/mol. The van der Waals surface area contributed by atoms with E-state index in [9.17, 15) is 4.79 Å². The van der Waals surface area contributed by atoms with Crippen LogP contribution in [-0.4, -0.2) is 15.9 Å². The van der Waals surface area contributed by atoms with Crippen molar-refractivity contribution in [2.75, 3.05) is 10.6 Å². The molecule has 1 aromatic heterocycles. The Labute approximate surface area is 157 Å². The molecular formula is C20H19ClN4O. The number of carbonyl (C=O) groups excluding carboxylic acids is 1. The van der Waals surface area contributed by atoms with Crippen LogP contribution in [0.4, 0.5) is 17.3 Å². The van der Waals surface area contributed by atoms with Crippen molar-refractivity contribution in [2.24, 2.45) is 0 Å². The molecule has 3 aromatic rings. The molecule has 0 fully saturated rings. The number of anilines is 3. The van der Waals surface area contributed by atoms with Gasteiger partial charge >= 0.3 is 0 Å². The van der Waals surface area contributed by atoms with E-state index in [-0.39, 0.29) is 5.91 Å². The smallest absolute Gasteiger partial charge is 0.258 e. The standard InChI is InChI=1S/C20H19ClN4O/c1-12-8-13(2)18(14(3)9-12)25-20-22-10-15(11-23-20)19(26)24-17-6-4-16(21)5-7-17/h4-11H,1-3H3,(H,24,26)(H,22,23,25). The first-order valence-electron chi connectivity index (χ1n) is 8.16. The number of rotatable bonds is 4. The Kier molecular flexibility index (Phi) is 5.19. The number of carbonyl (C=O) groups is 1. The summed E-state index contributed by atoms with van der Waals surface area (Å²) in [7, 11) is 0. The number of amides is 1. The van der Waals surface area contributed by atoms with E-state index in [0.29, 0.717) is 22.2 Å². The molecule has 0 spiro atoms. The number of benzene rings is 2. The Balaban J connectivity index is 1.72. The highest BCUT2D eigenvalue weighted by molar-refractivity contribution is 6.30. The Morgan fingerprint density at radius 3 is 2.12 bits per heavy atom. The highest BCUT2D eigenvalue weighted by Crippen LogP contribution is 2.24. The number of hydrogen-bond acceptors (Lipinski definition) is 4. The maximum atomic E-state index is 12.3. The normalized spacial score (nSPS) is 10.5. The molecule has 0 aliphatic rings. The molecule has 1 amide bonds. The third kappa shape index (κ3) is 4.18. The van der Waals surface area contributed by atoms with Crippen molar-refractivity contribution in [3.05, 3.63) is 76.1 Å². The van der Waals surface area contributed by atoms with E-state index < -0.39 is 0 Å². The second-order valence-electron chi connectivity index (χ2n) is 6.16. The van der Waals surface area contributed by atoms with Crippen LogP contribution in [0.5, 0.6) is 0 Å². The predicted octanol–water partition coefficient (Wildman–Crippen LogP) is 5.05. The number of nitrogens with zero attached hydrogens (tertiary/aromatic N) is 2. The van der Waals surface area contributed by atoms with Gasteiger partial charge < -0.3 is 10.6 Å². The van der Waals surface area contributed by atoms with Crippen LogP contribution in [0.15, 0.2) is 48.8 Å². The minimum atomic E-state index is -0.276. The lowest BCUT2D eigenvalue weighted by atomic mass is 10.1. The number of aromatic nitrogens is 2. The molecule has 0 bridgehead atoms. The van der Waals surface area contributed by atoms with Gasteiger partial charge in [-0.25, -0.2) is 9.97 Å². The monoisotopic (exact) mass is 366 g/mol. The molecule has 0 saturated heterocycles. The largest absolute Gasteiger partial charge is 0.324 e. The zero-order valence-electron chi connectivity index (χ0n) is 14.8. The maximum Gasteiger partial charge on any atom is 0.258 e. The third-order valence-electron chi connectivity index (χ3n) is 3.93. The fourth-order valence-corrected chi connectivity index (χ4v) is 2.86. The molecule has 26 heavy (non-hydrogen) atoms. The van der Waals surface area contributed by atoms with E-state index in [0.717, 1.165) is 16.8 Å². The molecule has 0 unspecified atom stereocenters. The van der Waals surface area contributed by atoms with Crippen molar-refractivity contribution in [2.45, 2.75) is 20.8 Å². The second kappa shape index (κ2) is 7.54. The first kappa shape index (κ1) is 17.9. The van der Waals surface area contributed by atoms with E-state index in [1.165, 1.54) is 18.0 Å². The van der Waals surface area contributed by atoms with Crippen LogP contribution in [0.25, 0.3) is 0 Å². The maximum absolute atomic E-state index is 12.3. The van der Waals surface area contributed by atoms with Gasteiger partial charge in [0.15, 0.2) is 0 Å². The molecule has 0 aliphatic carbocycles. The lowest BCUT2D eigenvalue weighted by Gasteiger charge is -2.12. The van der Waals surface area contributed by atoms with E-state index in [1.54, 1.807) is 24.3 Å². The summed E-state index contributed by atoms with van der Waals surface area (Å²) in [6.45, 7) is 6.14. The van der Waals surface area contributed by atoms with Gasteiger partial charge in [-0.2, -0.15) is 0 Å². The third-order valence-corrected chi connectivity index (χ3v) is 4.18. The molecule has 5 nitrogen and oxygen atoms in total. The highest BCUT2D eigenvalue weighted by atomic mass is 35.5. The van der Waals surface area contributed by atoms with Gasteiger partial charge in [0.25, 0.3) is 5.91 Å². The van der Waals surface area contributed by atoms with Crippen molar-refractivity contribution in [1.82, 2.24) is 9.97 Å². The van der Waals surface area contributed by atoms with Crippen LogP contribution >= 0.6 is 11.6 Å². The summed E-state index contributed by atoms with van der Waals surface area (Å²) in [6.07, 6.45) is 3.00. The fraction of sp³-hybridized carbons (Fsp3) is 0.150. The predicted molar refractivity (Wildman–Crippen MR) is 105 cm³/mol. The fourth-order valence-electron chi connectivity index (χ4n) is 2.74. The van der Waals surface area contributed by atoms with Gasteiger partial charge in [-0.05, 0) is 56.2 Å². The van der Waals surface area contributed by atoms with Crippen LogP contribution in [-0.2, 0) is 0 Å².